The van der Waals surface area contributed by atoms with Crippen LogP contribution in [0.2, 0.25) is 0 Å². The Morgan fingerprint density at radius 1 is 1.18 bits per heavy atom. The maximum atomic E-state index is 8.97. The van der Waals surface area contributed by atoms with Crippen molar-refractivity contribution in [2.75, 3.05) is 5.32 Å². The van der Waals surface area contributed by atoms with Gasteiger partial charge in [0.2, 0.25) is 0 Å². The van der Waals surface area contributed by atoms with Gasteiger partial charge in [0.1, 0.15) is 6.07 Å². The van der Waals surface area contributed by atoms with Gasteiger partial charge >= 0.3 is 0 Å². The van der Waals surface area contributed by atoms with Crippen LogP contribution in [-0.2, 0) is 0 Å². The molecule has 2 aromatic heterocycles. The molecule has 1 atom stereocenters. The molecule has 0 fully saturated rings. The van der Waals surface area contributed by atoms with Crippen LogP contribution in [0.1, 0.15) is 24.1 Å². The number of hydrogen-bond donors (Lipinski definition) is 1. The lowest BCUT2D eigenvalue weighted by Crippen LogP contribution is -2.08. The zero-order valence-electron chi connectivity index (χ0n) is 9.46. The van der Waals surface area contributed by atoms with Crippen molar-refractivity contribution >= 4 is 5.69 Å². The van der Waals surface area contributed by atoms with E-state index in [4.69, 9.17) is 5.26 Å². The second-order valence-electron chi connectivity index (χ2n) is 3.68. The van der Waals surface area contributed by atoms with Crippen molar-refractivity contribution in [3.05, 3.63) is 54.1 Å². The highest BCUT2D eigenvalue weighted by Crippen LogP contribution is 2.20. The third-order valence-electron chi connectivity index (χ3n) is 2.52. The average molecular weight is 224 g/mol. The fourth-order valence-corrected chi connectivity index (χ4v) is 1.58. The summed E-state index contributed by atoms with van der Waals surface area (Å²) in [6.45, 7) is 2.03. The minimum absolute atomic E-state index is 0.106. The molecule has 4 nitrogen and oxygen atoms in total. The maximum absolute atomic E-state index is 8.97. The summed E-state index contributed by atoms with van der Waals surface area (Å²) in [5, 5.41) is 12.2. The quantitative estimate of drug-likeness (QED) is 0.870. The van der Waals surface area contributed by atoms with Gasteiger partial charge in [0.05, 0.1) is 17.4 Å². The number of pyridine rings is 2. The number of nitrogens with zero attached hydrogens (tertiary/aromatic N) is 3. The van der Waals surface area contributed by atoms with E-state index in [1.54, 1.807) is 30.9 Å². The number of anilines is 1. The zero-order chi connectivity index (χ0) is 12.1. The minimum atomic E-state index is 0.106. The molecule has 0 spiro atoms. The Labute approximate surface area is 100.0 Å². The highest BCUT2D eigenvalue weighted by Gasteiger charge is 2.07. The van der Waals surface area contributed by atoms with E-state index in [1.807, 2.05) is 19.1 Å². The second kappa shape index (κ2) is 5.08. The maximum Gasteiger partial charge on any atom is 0.101 e. The topological polar surface area (TPSA) is 61.6 Å². The van der Waals surface area contributed by atoms with Gasteiger partial charge in [-0.05, 0) is 30.7 Å². The largest absolute Gasteiger partial charge is 0.376 e. The van der Waals surface area contributed by atoms with Crippen molar-refractivity contribution in [1.29, 1.82) is 5.26 Å². The van der Waals surface area contributed by atoms with Gasteiger partial charge in [-0.1, -0.05) is 0 Å². The molecule has 1 N–H and O–H groups in total. The molecule has 0 saturated carbocycles. The van der Waals surface area contributed by atoms with E-state index in [0.29, 0.717) is 5.56 Å². The molecule has 1 unspecified atom stereocenters. The van der Waals surface area contributed by atoms with E-state index in [2.05, 4.69) is 21.4 Å². The normalized spacial score (nSPS) is 11.5. The lowest BCUT2D eigenvalue weighted by atomic mass is 10.1. The predicted molar refractivity (Wildman–Crippen MR) is 65.2 cm³/mol. The average Bonchev–Trinajstić information content (AvgIpc) is 2.40. The van der Waals surface area contributed by atoms with Gasteiger partial charge in [-0.3, -0.25) is 9.97 Å². The summed E-state index contributed by atoms with van der Waals surface area (Å²) in [4.78, 5) is 7.99. The molecule has 84 valence electrons. The van der Waals surface area contributed by atoms with E-state index in [1.165, 1.54) is 0 Å². The molecule has 2 aromatic rings. The van der Waals surface area contributed by atoms with Crippen LogP contribution in [0.3, 0.4) is 0 Å². The van der Waals surface area contributed by atoms with Crippen LogP contribution in [0.15, 0.2) is 43.0 Å². The van der Waals surface area contributed by atoms with Crippen LogP contribution in [-0.4, -0.2) is 9.97 Å². The summed E-state index contributed by atoms with van der Waals surface area (Å²) in [6, 6.07) is 7.83. The summed E-state index contributed by atoms with van der Waals surface area (Å²) < 4.78 is 0. The Morgan fingerprint density at radius 2 is 1.88 bits per heavy atom. The molecule has 0 aromatic carbocycles. The van der Waals surface area contributed by atoms with Gasteiger partial charge < -0.3 is 5.32 Å². The fourth-order valence-electron chi connectivity index (χ4n) is 1.58. The monoisotopic (exact) mass is 224 g/mol. The van der Waals surface area contributed by atoms with E-state index in [9.17, 15) is 0 Å². The fraction of sp³-hybridized carbons (Fsp3) is 0.154. The third-order valence-corrected chi connectivity index (χ3v) is 2.52. The number of rotatable bonds is 3. The van der Waals surface area contributed by atoms with Crippen molar-refractivity contribution in [3.63, 3.8) is 0 Å². The first-order valence-corrected chi connectivity index (χ1v) is 5.32. The lowest BCUT2D eigenvalue weighted by molar-refractivity contribution is 0.878. The van der Waals surface area contributed by atoms with Gasteiger partial charge in [-0.2, -0.15) is 5.26 Å². The first-order chi connectivity index (χ1) is 8.31. The molecule has 0 amide bonds. The molecular weight excluding hydrogens is 212 g/mol. The molecule has 0 bridgehead atoms. The molecule has 2 heterocycles. The van der Waals surface area contributed by atoms with E-state index in [0.717, 1.165) is 11.3 Å². The number of hydrogen-bond acceptors (Lipinski definition) is 4. The standard InChI is InChI=1S/C13H12N4/c1-10(11-2-5-15-6-3-11)17-13-9-16-7-4-12(13)8-14/h2-7,9-10,17H,1H3. The van der Waals surface area contributed by atoms with Crippen molar-refractivity contribution in [2.45, 2.75) is 13.0 Å². The second-order valence-corrected chi connectivity index (χ2v) is 3.68. The zero-order valence-corrected chi connectivity index (χ0v) is 9.46. The van der Waals surface area contributed by atoms with Crippen LogP contribution >= 0.6 is 0 Å². The van der Waals surface area contributed by atoms with Crippen LogP contribution in [0.4, 0.5) is 5.69 Å². The Hall–Kier alpha value is -2.41. The molecule has 0 aliphatic rings. The molecule has 4 heteroatoms. The van der Waals surface area contributed by atoms with Gasteiger partial charge in [-0.25, -0.2) is 0 Å². The van der Waals surface area contributed by atoms with Gasteiger partial charge in [0.15, 0.2) is 0 Å². The molecule has 2 rings (SSSR count). The lowest BCUT2D eigenvalue weighted by Gasteiger charge is -2.15. The van der Waals surface area contributed by atoms with Crippen molar-refractivity contribution in [1.82, 2.24) is 9.97 Å². The Balaban J connectivity index is 2.19. The smallest absolute Gasteiger partial charge is 0.101 e. The van der Waals surface area contributed by atoms with Gasteiger partial charge in [0.25, 0.3) is 0 Å². The molecule has 0 saturated heterocycles. The Kier molecular flexibility index (Phi) is 3.31. The molecule has 17 heavy (non-hydrogen) atoms. The molecule has 0 aliphatic heterocycles. The summed E-state index contributed by atoms with van der Waals surface area (Å²) in [5.41, 5.74) is 2.47. The molecule has 0 aliphatic carbocycles. The van der Waals surface area contributed by atoms with E-state index in [-0.39, 0.29) is 6.04 Å². The van der Waals surface area contributed by atoms with Gasteiger partial charge in [0, 0.05) is 24.6 Å². The van der Waals surface area contributed by atoms with Crippen LogP contribution in [0, 0.1) is 11.3 Å². The summed E-state index contributed by atoms with van der Waals surface area (Å²) in [7, 11) is 0. The van der Waals surface area contributed by atoms with Gasteiger partial charge in [-0.15, -0.1) is 0 Å². The molecule has 0 radical (unpaired) electrons. The molecular formula is C13H12N4. The van der Waals surface area contributed by atoms with Crippen LogP contribution < -0.4 is 5.32 Å². The first-order valence-electron chi connectivity index (χ1n) is 5.32. The predicted octanol–water partition coefficient (Wildman–Crippen LogP) is 2.52. The SMILES string of the molecule is CC(Nc1cnccc1C#N)c1ccncc1. The van der Waals surface area contributed by atoms with Crippen molar-refractivity contribution in [2.24, 2.45) is 0 Å². The highest BCUT2D eigenvalue weighted by atomic mass is 14.9. The number of nitriles is 1. The Morgan fingerprint density at radius 3 is 2.59 bits per heavy atom. The van der Waals surface area contributed by atoms with Crippen molar-refractivity contribution in [3.8, 4) is 6.07 Å². The summed E-state index contributed by atoms with van der Waals surface area (Å²) >= 11 is 0. The van der Waals surface area contributed by atoms with E-state index >= 15 is 0 Å². The van der Waals surface area contributed by atoms with Crippen LogP contribution in [0.25, 0.3) is 0 Å². The summed E-state index contributed by atoms with van der Waals surface area (Å²) in [6.07, 6.45) is 6.78. The van der Waals surface area contributed by atoms with Crippen LogP contribution in [0.5, 0.6) is 0 Å². The Bertz CT molecular complexity index is 531. The number of aromatic nitrogens is 2. The first kappa shape index (κ1) is 11.1. The van der Waals surface area contributed by atoms with Crippen molar-refractivity contribution < 1.29 is 0 Å². The highest BCUT2D eigenvalue weighted by molar-refractivity contribution is 5.56. The third kappa shape index (κ3) is 2.58. The van der Waals surface area contributed by atoms with E-state index < -0.39 is 0 Å². The minimum Gasteiger partial charge on any atom is -0.376 e. The number of nitrogens with one attached hydrogen (secondary N) is 1. The summed E-state index contributed by atoms with van der Waals surface area (Å²) in [5.74, 6) is 0.